The summed E-state index contributed by atoms with van der Waals surface area (Å²) in [5.74, 6) is -0.436. The summed E-state index contributed by atoms with van der Waals surface area (Å²) in [5.41, 5.74) is 2.88. The molecule has 1 aliphatic heterocycles. The minimum atomic E-state index is -0.535. The Morgan fingerprint density at radius 2 is 2.13 bits per heavy atom. The first-order valence-electron chi connectivity index (χ1n) is 9.40. The van der Waals surface area contributed by atoms with E-state index in [1.54, 1.807) is 18.4 Å². The largest absolute Gasteiger partial charge is 0.463 e. The quantitative estimate of drug-likeness (QED) is 0.507. The number of fused-ring (bicyclic) bond motifs is 1. The zero-order chi connectivity index (χ0) is 21.4. The molecule has 8 heteroatoms. The highest BCUT2D eigenvalue weighted by atomic mass is 79.9. The maximum Gasteiger partial charge on any atom is 0.338 e. The minimum Gasteiger partial charge on any atom is -0.463 e. The van der Waals surface area contributed by atoms with E-state index < -0.39 is 12.0 Å². The van der Waals surface area contributed by atoms with Crippen molar-refractivity contribution in [1.82, 2.24) is 4.57 Å². The van der Waals surface area contributed by atoms with Crippen LogP contribution in [0.1, 0.15) is 35.9 Å². The van der Waals surface area contributed by atoms with Gasteiger partial charge in [-0.3, -0.25) is 9.36 Å². The van der Waals surface area contributed by atoms with Crippen molar-refractivity contribution in [2.75, 3.05) is 6.61 Å². The van der Waals surface area contributed by atoms with Gasteiger partial charge >= 0.3 is 5.97 Å². The summed E-state index contributed by atoms with van der Waals surface area (Å²) in [5, 5.41) is 1.94. The molecule has 0 saturated carbocycles. The summed E-state index contributed by atoms with van der Waals surface area (Å²) < 4.78 is 8.46. The van der Waals surface area contributed by atoms with Crippen LogP contribution in [0.15, 0.2) is 61.2 Å². The van der Waals surface area contributed by atoms with Gasteiger partial charge in [0, 0.05) is 9.35 Å². The molecule has 1 aromatic carbocycles. The summed E-state index contributed by atoms with van der Waals surface area (Å²) in [4.78, 5) is 32.2. The van der Waals surface area contributed by atoms with E-state index in [1.165, 1.54) is 22.7 Å². The fraction of sp³-hybridized carbons (Fsp3) is 0.227. The van der Waals surface area contributed by atoms with Gasteiger partial charge in [0.2, 0.25) is 0 Å². The van der Waals surface area contributed by atoms with Gasteiger partial charge in [0.15, 0.2) is 4.80 Å². The third kappa shape index (κ3) is 3.75. The number of hydrogen-bond acceptors (Lipinski definition) is 6. The smallest absolute Gasteiger partial charge is 0.338 e. The van der Waals surface area contributed by atoms with Gasteiger partial charge in [-0.2, -0.15) is 0 Å². The van der Waals surface area contributed by atoms with E-state index in [-0.39, 0.29) is 12.2 Å². The summed E-state index contributed by atoms with van der Waals surface area (Å²) in [6.07, 6.45) is 1.86. The molecule has 0 radical (unpaired) electrons. The lowest BCUT2D eigenvalue weighted by molar-refractivity contribution is -0.139. The van der Waals surface area contributed by atoms with Crippen LogP contribution >= 0.6 is 38.6 Å². The van der Waals surface area contributed by atoms with Gasteiger partial charge in [0.05, 0.1) is 22.4 Å². The molecule has 3 heterocycles. The molecule has 1 aliphatic rings. The fourth-order valence-electron chi connectivity index (χ4n) is 3.36. The third-order valence-corrected chi connectivity index (χ3v) is 7.59. The van der Waals surface area contributed by atoms with Crippen LogP contribution in [0.5, 0.6) is 0 Å². The normalized spacial score (nSPS) is 16.4. The maximum atomic E-state index is 13.4. The first-order valence-corrected chi connectivity index (χ1v) is 11.9. The number of ether oxygens (including phenoxy) is 1. The van der Waals surface area contributed by atoms with Crippen molar-refractivity contribution in [2.24, 2.45) is 4.99 Å². The highest BCUT2D eigenvalue weighted by Crippen LogP contribution is 2.33. The number of rotatable bonds is 4. The number of hydrogen-bond donors (Lipinski definition) is 0. The summed E-state index contributed by atoms with van der Waals surface area (Å²) in [6.45, 7) is 5.84. The monoisotopic (exact) mass is 502 g/mol. The minimum absolute atomic E-state index is 0.164. The van der Waals surface area contributed by atoms with Crippen molar-refractivity contribution in [3.05, 3.63) is 87.1 Å². The van der Waals surface area contributed by atoms with Crippen molar-refractivity contribution < 1.29 is 9.53 Å². The highest BCUT2D eigenvalue weighted by Gasteiger charge is 2.33. The number of carbonyl (C=O) groups excluding carboxylic acids is 1. The van der Waals surface area contributed by atoms with Crippen molar-refractivity contribution in [3.8, 4) is 0 Å². The molecular weight excluding hydrogens is 484 g/mol. The van der Waals surface area contributed by atoms with Crippen LogP contribution in [0, 0.1) is 6.92 Å². The molecule has 2 aromatic heterocycles. The molecule has 154 valence electrons. The zero-order valence-corrected chi connectivity index (χ0v) is 19.9. The Kier molecular flexibility index (Phi) is 5.90. The number of carbonyl (C=O) groups is 1. The topological polar surface area (TPSA) is 60.7 Å². The van der Waals surface area contributed by atoms with Crippen LogP contribution in [0.3, 0.4) is 0 Å². The molecule has 0 N–H and O–H groups in total. The number of halogens is 1. The fourth-order valence-corrected chi connectivity index (χ4v) is 5.62. The second-order valence-corrected chi connectivity index (χ2v) is 9.67. The van der Waals surface area contributed by atoms with Crippen molar-refractivity contribution in [3.63, 3.8) is 0 Å². The molecule has 5 nitrogen and oxygen atoms in total. The molecule has 0 spiro atoms. The summed E-state index contributed by atoms with van der Waals surface area (Å²) in [6, 6.07) is 9.28. The number of aryl methyl sites for hydroxylation is 1. The first-order chi connectivity index (χ1) is 14.4. The second kappa shape index (κ2) is 8.45. The number of thiazole rings is 1. The van der Waals surface area contributed by atoms with E-state index in [0.717, 1.165) is 20.5 Å². The number of thiophene rings is 1. The van der Waals surface area contributed by atoms with Gasteiger partial charge in [-0.15, -0.1) is 11.3 Å². The first kappa shape index (κ1) is 21.0. The van der Waals surface area contributed by atoms with E-state index in [1.807, 2.05) is 48.7 Å². The SMILES string of the molecule is CCOC(=O)C1=C(C)N=c2s/c(=C\c3ccc(C)c(Br)c3)c(=O)n2[C@@H]1c1cccs1. The van der Waals surface area contributed by atoms with Gasteiger partial charge in [-0.1, -0.05) is 45.5 Å². The summed E-state index contributed by atoms with van der Waals surface area (Å²) in [7, 11) is 0. The van der Waals surface area contributed by atoms with Gasteiger partial charge in [-0.05, 0) is 55.5 Å². The predicted octanol–water partition coefficient (Wildman–Crippen LogP) is 3.93. The molecule has 30 heavy (non-hydrogen) atoms. The molecular formula is C22H19BrN2O3S2. The standard InChI is InChI=1S/C22H19BrN2O3S2/c1-4-28-21(27)18-13(3)24-22-25(19(18)16-6-5-9-29-16)20(26)17(30-22)11-14-8-7-12(2)15(23)10-14/h5-11,19H,4H2,1-3H3/b17-11-/t19-/m1/s1. The zero-order valence-electron chi connectivity index (χ0n) is 16.6. The van der Waals surface area contributed by atoms with E-state index in [9.17, 15) is 9.59 Å². The molecule has 0 amide bonds. The Hall–Kier alpha value is -2.29. The second-order valence-electron chi connectivity index (χ2n) is 6.83. The van der Waals surface area contributed by atoms with Gasteiger partial charge in [0.1, 0.15) is 6.04 Å². The van der Waals surface area contributed by atoms with E-state index in [2.05, 4.69) is 20.9 Å². The molecule has 3 aromatic rings. The van der Waals surface area contributed by atoms with Gasteiger partial charge in [-0.25, -0.2) is 9.79 Å². The lowest BCUT2D eigenvalue weighted by Gasteiger charge is -2.23. The van der Waals surface area contributed by atoms with Crippen molar-refractivity contribution in [1.29, 1.82) is 0 Å². The van der Waals surface area contributed by atoms with Crippen LogP contribution in [-0.2, 0) is 9.53 Å². The van der Waals surface area contributed by atoms with Crippen LogP contribution in [0.25, 0.3) is 6.08 Å². The van der Waals surface area contributed by atoms with Crippen molar-refractivity contribution >= 4 is 50.6 Å². The Balaban J connectivity index is 1.93. The highest BCUT2D eigenvalue weighted by molar-refractivity contribution is 9.10. The Labute approximate surface area is 189 Å². The number of benzene rings is 1. The predicted molar refractivity (Wildman–Crippen MR) is 124 cm³/mol. The van der Waals surface area contributed by atoms with E-state index in [0.29, 0.717) is 20.6 Å². The molecule has 4 rings (SSSR count). The van der Waals surface area contributed by atoms with E-state index >= 15 is 0 Å². The van der Waals surface area contributed by atoms with Gasteiger partial charge < -0.3 is 4.74 Å². The van der Waals surface area contributed by atoms with Crippen LogP contribution in [0.2, 0.25) is 0 Å². The van der Waals surface area contributed by atoms with Crippen LogP contribution < -0.4 is 14.9 Å². The molecule has 0 saturated heterocycles. The van der Waals surface area contributed by atoms with Crippen molar-refractivity contribution in [2.45, 2.75) is 26.8 Å². The Morgan fingerprint density at radius 1 is 1.33 bits per heavy atom. The summed E-state index contributed by atoms with van der Waals surface area (Å²) >= 11 is 6.38. The Morgan fingerprint density at radius 3 is 2.80 bits per heavy atom. The number of nitrogens with zero attached hydrogens (tertiary/aromatic N) is 2. The molecule has 0 unspecified atom stereocenters. The average molecular weight is 503 g/mol. The number of aromatic nitrogens is 1. The number of esters is 1. The van der Waals surface area contributed by atoms with Crippen LogP contribution in [0.4, 0.5) is 0 Å². The molecule has 0 aliphatic carbocycles. The lowest BCUT2D eigenvalue weighted by Crippen LogP contribution is -2.39. The van der Waals surface area contributed by atoms with Gasteiger partial charge in [0.25, 0.3) is 5.56 Å². The van der Waals surface area contributed by atoms with E-state index in [4.69, 9.17) is 4.74 Å². The molecule has 0 fully saturated rings. The lowest BCUT2D eigenvalue weighted by atomic mass is 10.0. The third-order valence-electron chi connectivity index (χ3n) is 4.82. The maximum absolute atomic E-state index is 13.4. The Bertz CT molecular complexity index is 1330. The average Bonchev–Trinajstić information content (AvgIpc) is 3.33. The van der Waals surface area contributed by atoms with Crippen LogP contribution in [-0.4, -0.2) is 17.1 Å². The molecule has 1 atom stereocenters. The number of allylic oxidation sites excluding steroid dienone is 1. The molecule has 0 bridgehead atoms.